The number of nitrogens with one attached hydrogen (secondary N) is 1. The molecule has 0 aliphatic rings. The summed E-state index contributed by atoms with van der Waals surface area (Å²) in [6.07, 6.45) is 2.39. The van der Waals surface area contributed by atoms with Crippen molar-refractivity contribution in [1.82, 2.24) is 5.32 Å². The van der Waals surface area contributed by atoms with Crippen molar-refractivity contribution in [2.75, 3.05) is 7.11 Å². The van der Waals surface area contributed by atoms with Gasteiger partial charge in [0, 0.05) is 6.92 Å². The maximum Gasteiger partial charge on any atom is 0.328 e. The van der Waals surface area contributed by atoms with Crippen molar-refractivity contribution >= 4 is 11.9 Å². The van der Waals surface area contributed by atoms with Crippen molar-refractivity contribution in [3.8, 4) is 0 Å². The minimum Gasteiger partial charge on any atom is -0.467 e. The van der Waals surface area contributed by atoms with Gasteiger partial charge in [-0.1, -0.05) is 11.6 Å². The van der Waals surface area contributed by atoms with E-state index in [0.29, 0.717) is 6.42 Å². The fourth-order valence-electron chi connectivity index (χ4n) is 1.02. The van der Waals surface area contributed by atoms with Gasteiger partial charge in [0.15, 0.2) is 0 Å². The Morgan fingerprint density at radius 1 is 1.43 bits per heavy atom. The molecule has 0 saturated carbocycles. The van der Waals surface area contributed by atoms with Crippen LogP contribution in [-0.2, 0) is 14.3 Å². The largest absolute Gasteiger partial charge is 0.467 e. The second-order valence-corrected chi connectivity index (χ2v) is 3.12. The van der Waals surface area contributed by atoms with Gasteiger partial charge in [-0.2, -0.15) is 0 Å². The molecule has 1 amide bonds. The summed E-state index contributed by atoms with van der Waals surface area (Å²) in [6.45, 7) is 5.16. The van der Waals surface area contributed by atoms with Crippen LogP contribution in [0.1, 0.15) is 27.2 Å². The molecule has 0 unspecified atom stereocenters. The van der Waals surface area contributed by atoms with E-state index < -0.39 is 12.0 Å². The standard InChI is InChI=1S/C10H17NO3/c1-5-7(2)6-9(10(13)14-4)11-8(3)12/h5,9H,6H2,1-4H3,(H,11,12)/b7-5+/t9-/m0/s1. The van der Waals surface area contributed by atoms with Crippen LogP contribution < -0.4 is 5.32 Å². The summed E-state index contributed by atoms with van der Waals surface area (Å²) in [7, 11) is 1.31. The van der Waals surface area contributed by atoms with Crippen LogP contribution in [0.25, 0.3) is 0 Å². The van der Waals surface area contributed by atoms with Gasteiger partial charge in [-0.25, -0.2) is 4.79 Å². The maximum atomic E-state index is 11.2. The molecule has 0 radical (unpaired) electrons. The fraction of sp³-hybridized carbons (Fsp3) is 0.600. The minimum absolute atomic E-state index is 0.232. The lowest BCUT2D eigenvalue weighted by Crippen LogP contribution is -2.40. The predicted octanol–water partition coefficient (Wildman–Crippen LogP) is 1.02. The van der Waals surface area contributed by atoms with E-state index in [1.807, 2.05) is 19.9 Å². The molecule has 80 valence electrons. The molecule has 0 aromatic heterocycles. The van der Waals surface area contributed by atoms with E-state index in [4.69, 9.17) is 0 Å². The van der Waals surface area contributed by atoms with Gasteiger partial charge in [-0.3, -0.25) is 4.79 Å². The molecule has 0 bridgehead atoms. The molecule has 1 atom stereocenters. The third-order valence-electron chi connectivity index (χ3n) is 1.88. The number of carbonyl (C=O) groups is 2. The van der Waals surface area contributed by atoms with E-state index in [1.165, 1.54) is 14.0 Å². The van der Waals surface area contributed by atoms with E-state index in [1.54, 1.807) is 0 Å². The molecule has 0 saturated heterocycles. The minimum atomic E-state index is -0.575. The van der Waals surface area contributed by atoms with E-state index in [0.717, 1.165) is 5.57 Å². The molecule has 0 aromatic carbocycles. The zero-order valence-corrected chi connectivity index (χ0v) is 9.09. The number of methoxy groups -OCH3 is 1. The first-order chi connectivity index (χ1) is 6.51. The van der Waals surface area contributed by atoms with Crippen molar-refractivity contribution in [1.29, 1.82) is 0 Å². The number of esters is 1. The third-order valence-corrected chi connectivity index (χ3v) is 1.88. The number of carbonyl (C=O) groups excluding carboxylic acids is 2. The SMILES string of the molecule is C/C=C(\C)C[C@H](NC(C)=O)C(=O)OC. The van der Waals surface area contributed by atoms with Crippen molar-refractivity contribution in [3.63, 3.8) is 0 Å². The summed E-state index contributed by atoms with van der Waals surface area (Å²) in [5.41, 5.74) is 1.04. The van der Waals surface area contributed by atoms with E-state index in [9.17, 15) is 9.59 Å². The molecule has 0 aromatic rings. The van der Waals surface area contributed by atoms with Crippen molar-refractivity contribution in [2.45, 2.75) is 33.2 Å². The van der Waals surface area contributed by atoms with Gasteiger partial charge < -0.3 is 10.1 Å². The first-order valence-electron chi connectivity index (χ1n) is 4.48. The molecular weight excluding hydrogens is 182 g/mol. The van der Waals surface area contributed by atoms with Gasteiger partial charge in [0.25, 0.3) is 0 Å². The third kappa shape index (κ3) is 4.64. The van der Waals surface area contributed by atoms with Crippen LogP contribution in [0.3, 0.4) is 0 Å². The topological polar surface area (TPSA) is 55.4 Å². The second-order valence-electron chi connectivity index (χ2n) is 3.12. The zero-order valence-electron chi connectivity index (χ0n) is 9.09. The first-order valence-corrected chi connectivity index (χ1v) is 4.48. The van der Waals surface area contributed by atoms with Crippen LogP contribution in [0.5, 0.6) is 0 Å². The highest BCUT2D eigenvalue weighted by molar-refractivity contribution is 5.83. The molecule has 0 fully saturated rings. The number of amides is 1. The summed E-state index contributed by atoms with van der Waals surface area (Å²) < 4.78 is 4.58. The summed E-state index contributed by atoms with van der Waals surface area (Å²) >= 11 is 0. The van der Waals surface area contributed by atoms with Crippen LogP contribution in [0.4, 0.5) is 0 Å². The average Bonchev–Trinajstić information content (AvgIpc) is 2.14. The Morgan fingerprint density at radius 3 is 2.36 bits per heavy atom. The maximum absolute atomic E-state index is 11.2. The van der Waals surface area contributed by atoms with Gasteiger partial charge in [0.2, 0.25) is 5.91 Å². The molecule has 4 nitrogen and oxygen atoms in total. The number of allylic oxidation sites excluding steroid dienone is 1. The molecule has 0 aliphatic carbocycles. The van der Waals surface area contributed by atoms with Crippen LogP contribution in [0, 0.1) is 0 Å². The molecule has 14 heavy (non-hydrogen) atoms. The van der Waals surface area contributed by atoms with Gasteiger partial charge in [-0.15, -0.1) is 0 Å². The summed E-state index contributed by atoms with van der Waals surface area (Å²) in [6, 6.07) is -0.575. The van der Waals surface area contributed by atoms with E-state index in [-0.39, 0.29) is 5.91 Å². The molecule has 1 N–H and O–H groups in total. The lowest BCUT2D eigenvalue weighted by Gasteiger charge is -2.15. The van der Waals surface area contributed by atoms with Crippen molar-refractivity contribution < 1.29 is 14.3 Å². The lowest BCUT2D eigenvalue weighted by atomic mass is 10.1. The quantitative estimate of drug-likeness (QED) is 0.543. The lowest BCUT2D eigenvalue weighted by molar-refractivity contribution is -0.144. The summed E-state index contributed by atoms with van der Waals surface area (Å²) in [4.78, 5) is 22.0. The molecule has 4 heteroatoms. The second kappa shape index (κ2) is 6.18. The Hall–Kier alpha value is -1.32. The Kier molecular flexibility index (Phi) is 5.60. The first kappa shape index (κ1) is 12.7. The van der Waals surface area contributed by atoms with E-state index in [2.05, 4.69) is 10.1 Å². The van der Waals surface area contributed by atoms with Crippen molar-refractivity contribution in [3.05, 3.63) is 11.6 Å². The van der Waals surface area contributed by atoms with Crippen LogP contribution in [-0.4, -0.2) is 25.0 Å². The van der Waals surface area contributed by atoms with Crippen LogP contribution >= 0.6 is 0 Å². The number of hydrogen-bond donors (Lipinski definition) is 1. The zero-order chi connectivity index (χ0) is 11.1. The fourth-order valence-corrected chi connectivity index (χ4v) is 1.02. The van der Waals surface area contributed by atoms with Crippen LogP contribution in [0.15, 0.2) is 11.6 Å². The number of rotatable bonds is 4. The van der Waals surface area contributed by atoms with E-state index >= 15 is 0 Å². The van der Waals surface area contributed by atoms with Crippen LogP contribution in [0.2, 0.25) is 0 Å². The Morgan fingerprint density at radius 2 is 2.00 bits per heavy atom. The van der Waals surface area contributed by atoms with Gasteiger partial charge >= 0.3 is 5.97 Å². The van der Waals surface area contributed by atoms with Gasteiger partial charge in [-0.05, 0) is 20.3 Å². The number of ether oxygens (including phenoxy) is 1. The smallest absolute Gasteiger partial charge is 0.328 e. The van der Waals surface area contributed by atoms with Gasteiger partial charge in [0.1, 0.15) is 6.04 Å². The molecule has 0 spiro atoms. The Balaban J connectivity index is 4.39. The summed E-state index contributed by atoms with van der Waals surface area (Å²) in [5.74, 6) is -0.647. The normalized spacial score (nSPS) is 13.3. The Bertz CT molecular complexity index is 246. The average molecular weight is 199 g/mol. The van der Waals surface area contributed by atoms with Crippen molar-refractivity contribution in [2.24, 2.45) is 0 Å². The monoisotopic (exact) mass is 199 g/mol. The molecule has 0 heterocycles. The molecule has 0 aliphatic heterocycles. The molecular formula is C10H17NO3. The highest BCUT2D eigenvalue weighted by atomic mass is 16.5. The predicted molar refractivity (Wildman–Crippen MR) is 53.7 cm³/mol. The Labute approximate surface area is 84.3 Å². The highest BCUT2D eigenvalue weighted by Gasteiger charge is 2.19. The van der Waals surface area contributed by atoms with Gasteiger partial charge in [0.05, 0.1) is 7.11 Å². The summed E-state index contributed by atoms with van der Waals surface area (Å²) in [5, 5.41) is 2.54. The highest BCUT2D eigenvalue weighted by Crippen LogP contribution is 2.05. The molecule has 0 rings (SSSR count). The number of hydrogen-bond acceptors (Lipinski definition) is 3.